The van der Waals surface area contributed by atoms with Crippen molar-refractivity contribution >= 4 is 11.6 Å². The number of carbonyl (C=O) groups is 1. The van der Waals surface area contributed by atoms with Gasteiger partial charge in [0, 0.05) is 12.1 Å². The second-order valence-corrected chi connectivity index (χ2v) is 7.76. The summed E-state index contributed by atoms with van der Waals surface area (Å²) < 4.78 is 7.99. The number of Topliss-reactive ketones (excluding diaryl/α,β-unsaturated/α-hetero) is 1. The smallest absolute Gasteiger partial charge is 0.384 e. The summed E-state index contributed by atoms with van der Waals surface area (Å²) in [6, 6.07) is 16.2. The van der Waals surface area contributed by atoms with Gasteiger partial charge in [-0.3, -0.25) is 23.2 Å². The number of anilines is 1. The number of carbonyl (C=O) groups excluding carboxylic acids is 1. The maximum Gasteiger partial charge on any atom is 0.442 e. The Hall–Kier alpha value is -4.47. The number of rotatable bonds is 7. The van der Waals surface area contributed by atoms with Crippen molar-refractivity contribution in [2.75, 3.05) is 5.73 Å². The summed E-state index contributed by atoms with van der Waals surface area (Å²) in [7, 11) is 0. The molecule has 0 amide bonds. The summed E-state index contributed by atoms with van der Waals surface area (Å²) in [6.45, 7) is 3.06. The molecule has 174 valence electrons. The molecule has 2 aromatic heterocycles. The van der Waals surface area contributed by atoms with Crippen LogP contribution in [0.5, 0.6) is 0 Å². The predicted octanol–water partition coefficient (Wildman–Crippen LogP) is 1.67. The number of aryl methyl sites for hydroxylation is 1. The van der Waals surface area contributed by atoms with Crippen LogP contribution < -0.4 is 22.7 Å². The number of ketones is 1. The van der Waals surface area contributed by atoms with Gasteiger partial charge in [0.1, 0.15) is 11.4 Å². The number of nitrogens with zero attached hydrogens (tertiary/aromatic N) is 4. The van der Waals surface area contributed by atoms with Crippen LogP contribution in [0.4, 0.5) is 5.82 Å². The molecule has 34 heavy (non-hydrogen) atoms. The van der Waals surface area contributed by atoms with Gasteiger partial charge in [-0.1, -0.05) is 59.8 Å². The third-order valence-corrected chi connectivity index (χ3v) is 5.62. The zero-order chi connectivity index (χ0) is 24.4. The maximum atomic E-state index is 13.3. The van der Waals surface area contributed by atoms with Gasteiger partial charge in [0.25, 0.3) is 5.56 Å². The Morgan fingerprint density at radius 1 is 0.971 bits per heavy atom. The Morgan fingerprint density at radius 3 is 2.32 bits per heavy atom. The highest BCUT2D eigenvalue weighted by Crippen LogP contribution is 2.20. The van der Waals surface area contributed by atoms with Crippen LogP contribution >= 0.6 is 0 Å². The number of nitrogens with two attached hydrogens (primary N) is 1. The third-order valence-electron chi connectivity index (χ3n) is 5.62. The molecule has 0 unspecified atom stereocenters. The van der Waals surface area contributed by atoms with Gasteiger partial charge in [-0.15, -0.1) is 0 Å². The molecule has 0 aliphatic heterocycles. The van der Waals surface area contributed by atoms with E-state index in [0.29, 0.717) is 5.56 Å². The standard InChI is InChI=1S/C24H23N5O5/c1-3-27-22(31)19(20(25)28(23(27)32)13-16-10-5-4-6-11-16)18(30)14-29-21(26-34-24(29)33)17-12-8-7-9-15(17)2/h4-12H,3,13-14,25H2,1-2H3. The predicted molar refractivity (Wildman–Crippen MR) is 126 cm³/mol. The highest BCUT2D eigenvalue weighted by molar-refractivity contribution is 5.99. The lowest BCUT2D eigenvalue weighted by Crippen LogP contribution is -2.44. The molecule has 10 nitrogen and oxygen atoms in total. The molecule has 2 N–H and O–H groups in total. The maximum absolute atomic E-state index is 13.3. The molecule has 2 heterocycles. The van der Waals surface area contributed by atoms with E-state index in [2.05, 4.69) is 5.16 Å². The summed E-state index contributed by atoms with van der Waals surface area (Å²) in [5, 5.41) is 3.81. The van der Waals surface area contributed by atoms with Gasteiger partial charge in [-0.05, 0) is 25.0 Å². The highest BCUT2D eigenvalue weighted by Gasteiger charge is 2.25. The van der Waals surface area contributed by atoms with Crippen LogP contribution in [0.2, 0.25) is 0 Å². The minimum absolute atomic E-state index is 0.0503. The minimum atomic E-state index is -0.849. The molecule has 0 aliphatic carbocycles. The van der Waals surface area contributed by atoms with Crippen LogP contribution in [0.1, 0.15) is 28.4 Å². The molecular weight excluding hydrogens is 438 g/mol. The van der Waals surface area contributed by atoms with Crippen LogP contribution in [0, 0.1) is 6.92 Å². The molecule has 0 bridgehead atoms. The molecule has 0 radical (unpaired) electrons. The normalized spacial score (nSPS) is 11.0. The zero-order valence-electron chi connectivity index (χ0n) is 18.7. The van der Waals surface area contributed by atoms with Crippen LogP contribution in [0.3, 0.4) is 0 Å². The first-order chi connectivity index (χ1) is 16.3. The van der Waals surface area contributed by atoms with Crippen molar-refractivity contribution < 1.29 is 9.32 Å². The lowest BCUT2D eigenvalue weighted by atomic mass is 10.1. The van der Waals surface area contributed by atoms with Gasteiger partial charge in [0.15, 0.2) is 11.6 Å². The number of benzene rings is 2. The van der Waals surface area contributed by atoms with E-state index in [1.54, 1.807) is 31.2 Å². The average Bonchev–Trinajstić information content (AvgIpc) is 3.18. The first-order valence-electron chi connectivity index (χ1n) is 10.7. The van der Waals surface area contributed by atoms with E-state index < -0.39 is 29.3 Å². The Morgan fingerprint density at radius 2 is 1.65 bits per heavy atom. The number of nitrogen functional groups attached to an aromatic ring is 1. The molecule has 4 aromatic rings. The fraction of sp³-hybridized carbons (Fsp3) is 0.208. The molecule has 0 spiro atoms. The van der Waals surface area contributed by atoms with Crippen molar-refractivity contribution in [1.29, 1.82) is 0 Å². The van der Waals surface area contributed by atoms with Gasteiger partial charge >= 0.3 is 11.4 Å². The summed E-state index contributed by atoms with van der Waals surface area (Å²) in [5.41, 5.74) is 6.62. The summed E-state index contributed by atoms with van der Waals surface area (Å²) in [6.07, 6.45) is 0. The first-order valence-corrected chi connectivity index (χ1v) is 10.7. The van der Waals surface area contributed by atoms with E-state index in [1.807, 2.05) is 37.3 Å². The highest BCUT2D eigenvalue weighted by atomic mass is 16.5. The molecule has 0 atom stereocenters. The second-order valence-electron chi connectivity index (χ2n) is 7.76. The summed E-state index contributed by atoms with van der Waals surface area (Å²) in [5.74, 6) is -1.68. The fourth-order valence-electron chi connectivity index (χ4n) is 3.82. The second kappa shape index (κ2) is 9.18. The molecular formula is C24H23N5O5. The monoisotopic (exact) mass is 461 g/mol. The lowest BCUT2D eigenvalue weighted by molar-refractivity contribution is 0.0967. The van der Waals surface area contributed by atoms with E-state index >= 15 is 0 Å². The van der Waals surface area contributed by atoms with E-state index in [9.17, 15) is 19.2 Å². The van der Waals surface area contributed by atoms with Gasteiger partial charge in [0.05, 0.1) is 13.1 Å². The Labute approximate surface area is 193 Å². The van der Waals surface area contributed by atoms with Crippen molar-refractivity contribution in [3.63, 3.8) is 0 Å². The van der Waals surface area contributed by atoms with Crippen LogP contribution in [0.15, 0.2) is 73.5 Å². The lowest BCUT2D eigenvalue weighted by Gasteiger charge is -2.16. The molecule has 4 rings (SSSR count). The van der Waals surface area contributed by atoms with Crippen molar-refractivity contribution in [3.05, 3.63) is 103 Å². The van der Waals surface area contributed by atoms with E-state index in [4.69, 9.17) is 10.3 Å². The fourth-order valence-corrected chi connectivity index (χ4v) is 3.82. The molecule has 0 aliphatic rings. The van der Waals surface area contributed by atoms with Gasteiger partial charge in [0.2, 0.25) is 0 Å². The quantitative estimate of drug-likeness (QED) is 0.414. The molecule has 10 heteroatoms. The Balaban J connectivity index is 1.81. The third kappa shape index (κ3) is 4.01. The molecule has 2 aromatic carbocycles. The average molecular weight is 461 g/mol. The minimum Gasteiger partial charge on any atom is -0.384 e. The van der Waals surface area contributed by atoms with Crippen LogP contribution in [0.25, 0.3) is 11.4 Å². The van der Waals surface area contributed by atoms with E-state index in [0.717, 1.165) is 20.3 Å². The van der Waals surface area contributed by atoms with Crippen molar-refractivity contribution in [2.45, 2.75) is 33.5 Å². The topological polar surface area (TPSA) is 135 Å². The van der Waals surface area contributed by atoms with E-state index in [-0.39, 0.29) is 30.3 Å². The Kier molecular flexibility index (Phi) is 6.13. The van der Waals surface area contributed by atoms with Gasteiger partial charge in [-0.2, -0.15) is 0 Å². The number of hydrogen-bond donors (Lipinski definition) is 1. The molecule has 0 fully saturated rings. The van der Waals surface area contributed by atoms with Gasteiger partial charge in [-0.25, -0.2) is 14.2 Å². The summed E-state index contributed by atoms with van der Waals surface area (Å²) >= 11 is 0. The Bertz CT molecular complexity index is 1540. The molecule has 0 saturated heterocycles. The zero-order valence-corrected chi connectivity index (χ0v) is 18.7. The van der Waals surface area contributed by atoms with E-state index in [1.165, 1.54) is 4.57 Å². The van der Waals surface area contributed by atoms with Crippen molar-refractivity contribution in [1.82, 2.24) is 18.9 Å². The molecule has 0 saturated carbocycles. The first kappa shape index (κ1) is 22.7. The SMILES string of the molecule is CCn1c(=O)c(C(=O)Cn2c(-c3ccccc3C)noc2=O)c(N)n(Cc2ccccc2)c1=O. The van der Waals surface area contributed by atoms with Crippen molar-refractivity contribution in [3.8, 4) is 11.4 Å². The van der Waals surface area contributed by atoms with Crippen LogP contribution in [-0.4, -0.2) is 24.6 Å². The number of aromatic nitrogens is 4. The number of hydrogen-bond acceptors (Lipinski definition) is 7. The van der Waals surface area contributed by atoms with Crippen LogP contribution in [-0.2, 0) is 19.6 Å². The van der Waals surface area contributed by atoms with Crippen molar-refractivity contribution in [2.24, 2.45) is 0 Å². The van der Waals surface area contributed by atoms with Gasteiger partial charge < -0.3 is 5.73 Å². The largest absolute Gasteiger partial charge is 0.442 e. The summed E-state index contributed by atoms with van der Waals surface area (Å²) in [4.78, 5) is 51.6.